The van der Waals surface area contributed by atoms with Gasteiger partial charge < -0.3 is 5.32 Å². The van der Waals surface area contributed by atoms with Crippen molar-refractivity contribution in [2.75, 3.05) is 12.4 Å². The van der Waals surface area contributed by atoms with Crippen LogP contribution in [0.2, 0.25) is 5.02 Å². The van der Waals surface area contributed by atoms with E-state index in [4.69, 9.17) is 11.6 Å². The molecule has 4 rings (SSSR count). The highest BCUT2D eigenvalue weighted by Crippen LogP contribution is 2.25. The molecule has 0 aliphatic carbocycles. The maximum absolute atomic E-state index is 13.4. The average Bonchev–Trinajstić information content (AvgIpc) is 3.19. The summed E-state index contributed by atoms with van der Waals surface area (Å²) in [6, 6.07) is 10.7. The zero-order chi connectivity index (χ0) is 23.0. The van der Waals surface area contributed by atoms with Crippen molar-refractivity contribution in [1.82, 2.24) is 14.1 Å². The van der Waals surface area contributed by atoms with E-state index in [1.807, 2.05) is 25.4 Å². The number of allylic oxidation sites excluding steroid dienone is 1. The summed E-state index contributed by atoms with van der Waals surface area (Å²) in [5, 5.41) is 6.49. The lowest BCUT2D eigenvalue weighted by atomic mass is 10.0. The average molecular weight is 474 g/mol. The van der Waals surface area contributed by atoms with E-state index in [2.05, 4.69) is 14.8 Å². The van der Waals surface area contributed by atoms with Crippen LogP contribution in [-0.2, 0) is 22.1 Å². The van der Waals surface area contributed by atoms with Crippen molar-refractivity contribution in [3.05, 3.63) is 83.0 Å². The second kappa shape index (κ2) is 8.21. The molecule has 1 aliphatic rings. The minimum Gasteiger partial charge on any atom is -0.321 e. The standard InChI is InChI=1S/C21H17ClFN5O3S/c1-27-12-15(11-24-27)13-3-5-14(6-4-13)19-10-20(28(2)32(30,31)26-19)21(29)25-16-7-8-18(23)17(22)9-16/h3-12H,1-2H3,(H,25,29). The van der Waals surface area contributed by atoms with Crippen molar-refractivity contribution in [2.24, 2.45) is 11.4 Å². The Balaban J connectivity index is 1.65. The first-order chi connectivity index (χ1) is 15.1. The molecule has 2 aromatic carbocycles. The fourth-order valence-corrected chi connectivity index (χ4v) is 4.17. The first kappa shape index (κ1) is 21.7. The van der Waals surface area contributed by atoms with Gasteiger partial charge in [0.1, 0.15) is 11.5 Å². The number of nitrogens with one attached hydrogen (secondary N) is 1. The van der Waals surface area contributed by atoms with Crippen LogP contribution >= 0.6 is 11.6 Å². The number of hydrogen-bond donors (Lipinski definition) is 1. The van der Waals surface area contributed by atoms with Crippen LogP contribution in [0.5, 0.6) is 0 Å². The Morgan fingerprint density at radius 2 is 1.75 bits per heavy atom. The molecule has 2 heterocycles. The van der Waals surface area contributed by atoms with E-state index in [-0.39, 0.29) is 22.1 Å². The molecule has 0 saturated heterocycles. The lowest BCUT2D eigenvalue weighted by Gasteiger charge is -2.23. The zero-order valence-electron chi connectivity index (χ0n) is 17.0. The van der Waals surface area contributed by atoms with Gasteiger partial charge in [-0.15, -0.1) is 4.40 Å². The molecule has 0 fully saturated rings. The largest absolute Gasteiger partial charge is 0.345 e. The molecular formula is C21H17ClFN5O3S. The lowest BCUT2D eigenvalue weighted by Crippen LogP contribution is -2.35. The number of likely N-dealkylation sites (N-methyl/N-ethyl adjacent to an activating group) is 1. The summed E-state index contributed by atoms with van der Waals surface area (Å²) in [5.41, 5.74) is 2.51. The first-order valence-corrected chi connectivity index (χ1v) is 11.1. The van der Waals surface area contributed by atoms with E-state index < -0.39 is 21.9 Å². The van der Waals surface area contributed by atoms with E-state index in [0.29, 0.717) is 5.56 Å². The summed E-state index contributed by atoms with van der Waals surface area (Å²) in [4.78, 5) is 12.8. The molecule has 0 spiro atoms. The van der Waals surface area contributed by atoms with Crippen LogP contribution < -0.4 is 5.32 Å². The van der Waals surface area contributed by atoms with Gasteiger partial charge in [0.15, 0.2) is 0 Å². The van der Waals surface area contributed by atoms with Gasteiger partial charge in [0, 0.05) is 37.1 Å². The van der Waals surface area contributed by atoms with Crippen molar-refractivity contribution in [3.8, 4) is 11.1 Å². The number of aromatic nitrogens is 2. The third-order valence-corrected chi connectivity index (χ3v) is 6.41. The van der Waals surface area contributed by atoms with Crippen LogP contribution in [0.15, 0.2) is 71.0 Å². The number of carbonyl (C=O) groups excluding carboxylic acids is 1. The molecule has 8 nitrogen and oxygen atoms in total. The molecule has 1 amide bonds. The second-order valence-electron chi connectivity index (χ2n) is 7.01. The predicted molar refractivity (Wildman–Crippen MR) is 120 cm³/mol. The van der Waals surface area contributed by atoms with Gasteiger partial charge in [0.25, 0.3) is 5.91 Å². The van der Waals surface area contributed by atoms with Gasteiger partial charge in [-0.3, -0.25) is 9.48 Å². The molecule has 1 aliphatic heterocycles. The van der Waals surface area contributed by atoms with Crippen molar-refractivity contribution >= 4 is 39.1 Å². The molecule has 32 heavy (non-hydrogen) atoms. The van der Waals surface area contributed by atoms with Gasteiger partial charge in [-0.1, -0.05) is 35.9 Å². The molecule has 3 aromatic rings. The van der Waals surface area contributed by atoms with Crippen LogP contribution in [0.4, 0.5) is 10.1 Å². The number of hydrogen-bond acceptors (Lipinski definition) is 4. The van der Waals surface area contributed by atoms with Gasteiger partial charge >= 0.3 is 10.2 Å². The van der Waals surface area contributed by atoms with Crippen LogP contribution in [0, 0.1) is 5.82 Å². The quantitative estimate of drug-likeness (QED) is 0.628. The first-order valence-electron chi connectivity index (χ1n) is 9.30. The number of anilines is 1. The third-order valence-electron chi connectivity index (χ3n) is 4.80. The second-order valence-corrected chi connectivity index (χ2v) is 9.05. The number of benzene rings is 2. The van der Waals surface area contributed by atoms with Gasteiger partial charge in [-0.05, 0) is 29.8 Å². The number of aryl methyl sites for hydroxylation is 1. The summed E-state index contributed by atoms with van der Waals surface area (Å²) in [6.45, 7) is 0. The van der Waals surface area contributed by atoms with E-state index in [9.17, 15) is 17.6 Å². The Morgan fingerprint density at radius 3 is 2.38 bits per heavy atom. The van der Waals surface area contributed by atoms with Crippen molar-refractivity contribution in [1.29, 1.82) is 0 Å². The van der Waals surface area contributed by atoms with E-state index in [1.54, 1.807) is 23.0 Å². The molecule has 0 unspecified atom stereocenters. The molecule has 1 N–H and O–H groups in total. The Labute approximate surface area is 188 Å². The molecule has 0 bridgehead atoms. The normalized spacial score (nSPS) is 15.2. The third kappa shape index (κ3) is 4.27. The number of amides is 1. The van der Waals surface area contributed by atoms with Crippen molar-refractivity contribution in [2.45, 2.75) is 0 Å². The van der Waals surface area contributed by atoms with E-state index in [0.717, 1.165) is 21.5 Å². The van der Waals surface area contributed by atoms with Gasteiger partial charge in [-0.25, -0.2) is 8.70 Å². The van der Waals surface area contributed by atoms with E-state index in [1.165, 1.54) is 25.3 Å². The van der Waals surface area contributed by atoms with Crippen LogP contribution in [0.25, 0.3) is 11.1 Å². The summed E-state index contributed by atoms with van der Waals surface area (Å²) in [6.07, 6.45) is 4.95. The Morgan fingerprint density at radius 1 is 1.06 bits per heavy atom. The Kier molecular flexibility index (Phi) is 5.57. The molecule has 0 saturated carbocycles. The van der Waals surface area contributed by atoms with Crippen LogP contribution in [-0.4, -0.2) is 41.2 Å². The Bertz CT molecular complexity index is 1380. The maximum atomic E-state index is 13.4. The monoisotopic (exact) mass is 473 g/mol. The smallest absolute Gasteiger partial charge is 0.321 e. The SMILES string of the molecule is CN1C(C(=O)Nc2ccc(F)c(Cl)c2)=CC(c2ccc(-c3cnn(C)c3)cc2)=NS1(=O)=O. The lowest BCUT2D eigenvalue weighted by molar-refractivity contribution is -0.113. The molecule has 11 heteroatoms. The fourth-order valence-electron chi connectivity index (χ4n) is 3.07. The molecular weight excluding hydrogens is 457 g/mol. The molecule has 164 valence electrons. The minimum absolute atomic E-state index is 0.114. The fraction of sp³-hybridized carbons (Fsp3) is 0.0952. The van der Waals surface area contributed by atoms with E-state index >= 15 is 0 Å². The van der Waals surface area contributed by atoms with Gasteiger partial charge in [-0.2, -0.15) is 13.5 Å². The highest BCUT2D eigenvalue weighted by atomic mass is 35.5. The molecule has 1 aromatic heterocycles. The van der Waals surface area contributed by atoms with Crippen molar-refractivity contribution < 1.29 is 17.6 Å². The van der Waals surface area contributed by atoms with Crippen LogP contribution in [0.3, 0.4) is 0 Å². The summed E-state index contributed by atoms with van der Waals surface area (Å²) < 4.78 is 44.8. The summed E-state index contributed by atoms with van der Waals surface area (Å²) in [7, 11) is -1.09. The number of carbonyl (C=O) groups is 1. The molecule has 0 atom stereocenters. The maximum Gasteiger partial charge on any atom is 0.345 e. The Hall–Kier alpha value is -3.50. The number of halogens is 2. The highest BCUT2D eigenvalue weighted by molar-refractivity contribution is 7.88. The predicted octanol–water partition coefficient (Wildman–Crippen LogP) is 3.38. The summed E-state index contributed by atoms with van der Waals surface area (Å²) >= 11 is 5.75. The number of rotatable bonds is 4. The van der Waals surface area contributed by atoms with Crippen molar-refractivity contribution in [3.63, 3.8) is 0 Å². The van der Waals surface area contributed by atoms with Crippen LogP contribution in [0.1, 0.15) is 5.56 Å². The highest BCUT2D eigenvalue weighted by Gasteiger charge is 2.30. The summed E-state index contributed by atoms with van der Waals surface area (Å²) in [5.74, 6) is -1.34. The topological polar surface area (TPSA) is 96.7 Å². The van der Waals surface area contributed by atoms with Gasteiger partial charge in [0.2, 0.25) is 0 Å². The molecule has 0 radical (unpaired) electrons. The minimum atomic E-state index is -4.13. The van der Waals surface area contributed by atoms with Gasteiger partial charge in [0.05, 0.1) is 16.9 Å². The zero-order valence-corrected chi connectivity index (χ0v) is 18.5. The number of nitrogens with zero attached hydrogens (tertiary/aromatic N) is 4.